The van der Waals surface area contributed by atoms with Crippen molar-refractivity contribution in [3.8, 4) is 0 Å². The SMILES string of the molecule is CC(=O)N(c1[nH+]c(/C=N/N=C(N)N)cs1)c1cccc(C)c1C. The number of nitrogens with one attached hydrogen (secondary N) is 1. The van der Waals surface area contributed by atoms with Crippen molar-refractivity contribution in [3.05, 3.63) is 40.4 Å². The lowest BCUT2D eigenvalue weighted by Crippen LogP contribution is -2.28. The van der Waals surface area contributed by atoms with Crippen LogP contribution in [-0.4, -0.2) is 18.1 Å². The van der Waals surface area contributed by atoms with Crippen LogP contribution in [0.3, 0.4) is 0 Å². The van der Waals surface area contributed by atoms with Crippen LogP contribution >= 0.6 is 11.3 Å². The van der Waals surface area contributed by atoms with Gasteiger partial charge in [-0.15, -0.1) is 5.10 Å². The molecule has 23 heavy (non-hydrogen) atoms. The number of benzene rings is 1. The summed E-state index contributed by atoms with van der Waals surface area (Å²) >= 11 is 1.40. The van der Waals surface area contributed by atoms with Gasteiger partial charge in [0.15, 0.2) is 5.69 Å². The molecule has 1 heterocycles. The van der Waals surface area contributed by atoms with E-state index in [1.807, 2.05) is 37.4 Å². The molecule has 1 aromatic heterocycles. The zero-order valence-electron chi connectivity index (χ0n) is 13.2. The fourth-order valence-electron chi connectivity index (χ4n) is 2.03. The van der Waals surface area contributed by atoms with Crippen LogP contribution in [0.15, 0.2) is 33.8 Å². The third kappa shape index (κ3) is 3.92. The molecule has 8 heteroatoms. The molecule has 0 fully saturated rings. The van der Waals surface area contributed by atoms with E-state index in [-0.39, 0.29) is 11.9 Å². The van der Waals surface area contributed by atoms with Crippen LogP contribution in [0.25, 0.3) is 0 Å². The molecule has 0 aliphatic heterocycles. The van der Waals surface area contributed by atoms with Gasteiger partial charge in [-0.1, -0.05) is 23.5 Å². The van der Waals surface area contributed by atoms with E-state index in [1.165, 1.54) is 24.5 Å². The lowest BCUT2D eigenvalue weighted by Gasteiger charge is -2.13. The number of carbonyl (C=O) groups excluding carboxylic acids is 1. The Morgan fingerprint density at radius 2 is 2.09 bits per heavy atom. The Morgan fingerprint density at radius 1 is 1.35 bits per heavy atom. The van der Waals surface area contributed by atoms with Gasteiger partial charge in [0, 0.05) is 12.3 Å². The number of anilines is 2. The van der Waals surface area contributed by atoms with Crippen molar-refractivity contribution in [2.75, 3.05) is 4.90 Å². The third-order valence-corrected chi connectivity index (χ3v) is 4.13. The first kappa shape index (κ1) is 16.6. The molecule has 7 nitrogen and oxygen atoms in total. The number of aromatic amines is 1. The van der Waals surface area contributed by atoms with E-state index >= 15 is 0 Å². The molecule has 0 aliphatic carbocycles. The molecule has 0 unspecified atom stereocenters. The lowest BCUT2D eigenvalue weighted by molar-refractivity contribution is -0.357. The fourth-order valence-corrected chi connectivity index (χ4v) is 2.90. The highest BCUT2D eigenvalue weighted by molar-refractivity contribution is 7.13. The van der Waals surface area contributed by atoms with Crippen LogP contribution < -0.4 is 21.4 Å². The average Bonchev–Trinajstić information content (AvgIpc) is 2.91. The second-order valence-electron chi connectivity index (χ2n) is 4.96. The largest absolute Gasteiger partial charge is 0.369 e. The Morgan fingerprint density at radius 3 is 2.74 bits per heavy atom. The summed E-state index contributed by atoms with van der Waals surface area (Å²) in [5, 5.41) is 9.81. The lowest BCUT2D eigenvalue weighted by atomic mass is 10.1. The summed E-state index contributed by atoms with van der Waals surface area (Å²) in [4.78, 5) is 16.9. The fraction of sp³-hybridized carbons (Fsp3) is 0.200. The first-order valence-electron chi connectivity index (χ1n) is 6.90. The van der Waals surface area contributed by atoms with Crippen molar-refractivity contribution >= 4 is 40.2 Å². The zero-order valence-corrected chi connectivity index (χ0v) is 14.0. The van der Waals surface area contributed by atoms with Crippen LogP contribution in [0.5, 0.6) is 0 Å². The van der Waals surface area contributed by atoms with E-state index in [0.717, 1.165) is 16.8 Å². The molecule has 1 amide bonds. The van der Waals surface area contributed by atoms with Gasteiger partial charge in [0.05, 0.1) is 6.21 Å². The molecule has 2 aromatic rings. The Bertz CT molecular complexity index is 776. The van der Waals surface area contributed by atoms with E-state index in [9.17, 15) is 4.79 Å². The summed E-state index contributed by atoms with van der Waals surface area (Å²) in [5.41, 5.74) is 14.2. The van der Waals surface area contributed by atoms with Gasteiger partial charge in [-0.05, 0) is 31.0 Å². The molecule has 0 spiro atoms. The number of aromatic nitrogens is 1. The maximum atomic E-state index is 12.1. The number of guanidine groups is 1. The number of carbonyl (C=O) groups is 1. The molecule has 0 atom stereocenters. The van der Waals surface area contributed by atoms with Gasteiger partial charge in [0.25, 0.3) is 0 Å². The summed E-state index contributed by atoms with van der Waals surface area (Å²) in [7, 11) is 0. The number of nitrogens with zero attached hydrogens (tertiary/aromatic N) is 3. The van der Waals surface area contributed by atoms with E-state index < -0.39 is 0 Å². The van der Waals surface area contributed by atoms with Gasteiger partial charge in [0.2, 0.25) is 5.96 Å². The maximum Gasteiger partial charge on any atom is 0.347 e. The predicted octanol–water partition coefficient (Wildman–Crippen LogP) is 1.47. The van der Waals surface area contributed by atoms with Crippen molar-refractivity contribution in [2.24, 2.45) is 21.7 Å². The Kier molecular flexibility index (Phi) is 5.07. The van der Waals surface area contributed by atoms with Gasteiger partial charge in [-0.25, -0.2) is 9.78 Å². The Labute approximate surface area is 138 Å². The minimum atomic E-state index is -0.113. The number of hydrogen-bond acceptors (Lipinski definition) is 4. The molecule has 0 saturated heterocycles. The minimum Gasteiger partial charge on any atom is -0.369 e. The number of H-pyrrole nitrogens is 1. The van der Waals surface area contributed by atoms with Crippen molar-refractivity contribution in [2.45, 2.75) is 20.8 Å². The molecule has 0 aliphatic rings. The normalized spacial score (nSPS) is 10.7. The van der Waals surface area contributed by atoms with Crippen LogP contribution in [0.4, 0.5) is 10.8 Å². The molecular weight excluding hydrogens is 312 g/mol. The molecular formula is C15H19N6OS+. The van der Waals surface area contributed by atoms with Crippen LogP contribution in [0.1, 0.15) is 23.7 Å². The molecule has 120 valence electrons. The molecule has 0 bridgehead atoms. The maximum absolute atomic E-state index is 12.1. The summed E-state index contributed by atoms with van der Waals surface area (Å²) in [6, 6.07) is 5.87. The number of aryl methyl sites for hydroxylation is 1. The number of amides is 1. The van der Waals surface area contributed by atoms with E-state index in [1.54, 1.807) is 4.90 Å². The van der Waals surface area contributed by atoms with Crippen LogP contribution in [-0.2, 0) is 4.79 Å². The van der Waals surface area contributed by atoms with Gasteiger partial charge in [-0.3, -0.25) is 0 Å². The number of hydrogen-bond donors (Lipinski definition) is 2. The predicted molar refractivity (Wildman–Crippen MR) is 93.0 cm³/mol. The van der Waals surface area contributed by atoms with Crippen LogP contribution in [0.2, 0.25) is 0 Å². The summed E-state index contributed by atoms with van der Waals surface area (Å²) in [5.74, 6) is -0.193. The first-order valence-corrected chi connectivity index (χ1v) is 7.77. The number of nitrogens with two attached hydrogens (primary N) is 2. The molecule has 0 radical (unpaired) electrons. The van der Waals surface area contributed by atoms with Crippen molar-refractivity contribution in [1.29, 1.82) is 0 Å². The first-order chi connectivity index (χ1) is 10.9. The molecule has 1 aromatic carbocycles. The molecule has 5 N–H and O–H groups in total. The standard InChI is InChI=1S/C15H18N6OS/c1-9-5-4-6-13(10(9)2)21(11(3)22)15-19-12(8-23-15)7-18-20-14(16)17/h4-8H,1-3H3,(H4,16,17,20)/p+1/b18-7+. The zero-order chi connectivity index (χ0) is 17.0. The Balaban J connectivity index is 2.38. The summed E-state index contributed by atoms with van der Waals surface area (Å²) < 4.78 is 0. The van der Waals surface area contributed by atoms with Crippen molar-refractivity contribution in [3.63, 3.8) is 0 Å². The van der Waals surface area contributed by atoms with Gasteiger partial charge < -0.3 is 11.5 Å². The monoisotopic (exact) mass is 331 g/mol. The minimum absolute atomic E-state index is 0.0792. The van der Waals surface area contributed by atoms with Crippen molar-refractivity contribution in [1.82, 2.24) is 0 Å². The van der Waals surface area contributed by atoms with Gasteiger partial charge in [0.1, 0.15) is 5.69 Å². The van der Waals surface area contributed by atoms with E-state index in [0.29, 0.717) is 10.8 Å². The van der Waals surface area contributed by atoms with Crippen LogP contribution in [0, 0.1) is 13.8 Å². The van der Waals surface area contributed by atoms with E-state index in [4.69, 9.17) is 11.5 Å². The second-order valence-corrected chi connectivity index (χ2v) is 5.82. The van der Waals surface area contributed by atoms with E-state index in [2.05, 4.69) is 15.2 Å². The summed E-state index contributed by atoms with van der Waals surface area (Å²) in [6.07, 6.45) is 1.49. The highest BCUT2D eigenvalue weighted by Gasteiger charge is 2.27. The quantitative estimate of drug-likeness (QED) is 0.502. The Hall–Kier alpha value is -2.74. The van der Waals surface area contributed by atoms with Gasteiger partial charge in [-0.2, -0.15) is 10.0 Å². The number of thiazole rings is 1. The summed E-state index contributed by atoms with van der Waals surface area (Å²) in [6.45, 7) is 5.54. The topological polar surface area (TPSA) is 111 Å². The third-order valence-electron chi connectivity index (χ3n) is 3.25. The molecule has 0 saturated carbocycles. The smallest absolute Gasteiger partial charge is 0.347 e. The van der Waals surface area contributed by atoms with Gasteiger partial charge >= 0.3 is 11.0 Å². The number of rotatable bonds is 4. The molecule has 2 rings (SSSR count). The highest BCUT2D eigenvalue weighted by atomic mass is 32.1. The highest BCUT2D eigenvalue weighted by Crippen LogP contribution is 2.30. The average molecular weight is 331 g/mol. The van der Waals surface area contributed by atoms with Crippen molar-refractivity contribution < 1.29 is 9.78 Å². The second kappa shape index (κ2) is 7.01.